The van der Waals surface area contributed by atoms with Crippen LogP contribution < -0.4 is 15.8 Å². The number of halogens is 1. The minimum atomic E-state index is -0.347. The maximum Gasteiger partial charge on any atom is 0.148 e. The molecule has 0 radical (unpaired) electrons. The van der Waals surface area contributed by atoms with Gasteiger partial charge in [0.1, 0.15) is 11.6 Å². The zero-order chi connectivity index (χ0) is 13.4. The van der Waals surface area contributed by atoms with Gasteiger partial charge in [-0.1, -0.05) is 0 Å². The van der Waals surface area contributed by atoms with Crippen LogP contribution in [0.4, 0.5) is 15.8 Å². The van der Waals surface area contributed by atoms with Crippen molar-refractivity contribution >= 4 is 11.4 Å². The molecular formula is C14H19FN2O2. The number of nitrogens with two attached hydrogens (primary N) is 1. The molecule has 104 valence electrons. The van der Waals surface area contributed by atoms with Crippen LogP contribution in [-0.4, -0.2) is 25.9 Å². The fourth-order valence-electron chi connectivity index (χ4n) is 2.71. The molecule has 0 aromatic heterocycles. The highest BCUT2D eigenvalue weighted by atomic mass is 19.1. The number of anilines is 2. The molecule has 1 aliphatic heterocycles. The average molecular weight is 266 g/mol. The number of benzene rings is 1. The third kappa shape index (κ3) is 2.47. The van der Waals surface area contributed by atoms with E-state index in [2.05, 4.69) is 5.32 Å². The smallest absolute Gasteiger partial charge is 0.148 e. The van der Waals surface area contributed by atoms with Gasteiger partial charge < -0.3 is 20.5 Å². The Kier molecular flexibility index (Phi) is 3.22. The number of hydrogen-bond acceptors (Lipinski definition) is 4. The highest BCUT2D eigenvalue weighted by molar-refractivity contribution is 5.62. The molecule has 0 bridgehead atoms. The summed E-state index contributed by atoms with van der Waals surface area (Å²) in [5.41, 5.74) is 6.43. The Morgan fingerprint density at radius 1 is 1.37 bits per heavy atom. The van der Waals surface area contributed by atoms with Crippen molar-refractivity contribution in [3.63, 3.8) is 0 Å². The van der Waals surface area contributed by atoms with Crippen LogP contribution in [-0.2, 0) is 4.74 Å². The first-order valence-corrected chi connectivity index (χ1v) is 6.70. The van der Waals surface area contributed by atoms with Gasteiger partial charge in [0.25, 0.3) is 0 Å². The Balaban J connectivity index is 1.78. The second-order valence-electron chi connectivity index (χ2n) is 5.29. The Bertz CT molecular complexity index is 477. The second kappa shape index (κ2) is 4.89. The standard InChI is InChI=1S/C14H19FN2O2/c1-18-13-7-12(9(15)6-10(13)16)17-11-4-5-19-14(11)8-2-3-8/h6-8,11,14,17H,2-5,16H2,1H3. The summed E-state index contributed by atoms with van der Waals surface area (Å²) in [6.07, 6.45) is 3.56. The summed E-state index contributed by atoms with van der Waals surface area (Å²) in [6.45, 7) is 0.743. The molecule has 2 fully saturated rings. The number of nitrogens with one attached hydrogen (secondary N) is 1. The fourth-order valence-corrected chi connectivity index (χ4v) is 2.71. The normalized spacial score (nSPS) is 26.4. The number of methoxy groups -OCH3 is 1. The van der Waals surface area contributed by atoms with Gasteiger partial charge in [-0.25, -0.2) is 4.39 Å². The third-order valence-corrected chi connectivity index (χ3v) is 3.88. The van der Waals surface area contributed by atoms with E-state index in [1.165, 1.54) is 26.0 Å². The molecule has 4 nitrogen and oxygen atoms in total. The maximum absolute atomic E-state index is 13.9. The van der Waals surface area contributed by atoms with Crippen LogP contribution in [0.3, 0.4) is 0 Å². The van der Waals surface area contributed by atoms with E-state index >= 15 is 0 Å². The lowest BCUT2D eigenvalue weighted by Gasteiger charge is -2.21. The van der Waals surface area contributed by atoms with Crippen molar-refractivity contribution in [3.8, 4) is 5.75 Å². The van der Waals surface area contributed by atoms with Crippen LogP contribution in [0.15, 0.2) is 12.1 Å². The van der Waals surface area contributed by atoms with Crippen molar-refractivity contribution in [1.82, 2.24) is 0 Å². The first kappa shape index (κ1) is 12.5. The van der Waals surface area contributed by atoms with Gasteiger partial charge in [0, 0.05) is 18.7 Å². The van der Waals surface area contributed by atoms with Crippen molar-refractivity contribution < 1.29 is 13.9 Å². The lowest BCUT2D eigenvalue weighted by atomic mass is 10.1. The quantitative estimate of drug-likeness (QED) is 0.822. The molecule has 1 saturated carbocycles. The molecule has 1 heterocycles. The van der Waals surface area contributed by atoms with Gasteiger partial charge in [-0.2, -0.15) is 0 Å². The molecule has 3 rings (SSSR count). The molecule has 1 aromatic carbocycles. The lowest BCUT2D eigenvalue weighted by molar-refractivity contribution is 0.0898. The molecule has 0 spiro atoms. The fraction of sp³-hybridized carbons (Fsp3) is 0.571. The van der Waals surface area contributed by atoms with Crippen LogP contribution in [0.1, 0.15) is 19.3 Å². The van der Waals surface area contributed by atoms with Crippen molar-refractivity contribution in [1.29, 1.82) is 0 Å². The van der Waals surface area contributed by atoms with E-state index < -0.39 is 0 Å². The predicted octanol–water partition coefficient (Wildman–Crippen LogP) is 2.40. The van der Waals surface area contributed by atoms with E-state index in [9.17, 15) is 4.39 Å². The monoisotopic (exact) mass is 266 g/mol. The molecule has 1 aliphatic carbocycles. The van der Waals surface area contributed by atoms with E-state index in [0.717, 1.165) is 13.0 Å². The molecule has 2 aliphatic rings. The summed E-state index contributed by atoms with van der Waals surface area (Å²) in [6, 6.07) is 3.09. The highest BCUT2D eigenvalue weighted by Gasteiger charge is 2.40. The summed E-state index contributed by atoms with van der Waals surface area (Å²) in [4.78, 5) is 0. The topological polar surface area (TPSA) is 56.5 Å². The van der Waals surface area contributed by atoms with E-state index in [-0.39, 0.29) is 18.0 Å². The molecule has 19 heavy (non-hydrogen) atoms. The SMILES string of the molecule is COc1cc(NC2CCOC2C2CC2)c(F)cc1N. The Labute approximate surface area is 112 Å². The third-order valence-electron chi connectivity index (χ3n) is 3.88. The largest absolute Gasteiger partial charge is 0.495 e. The molecule has 0 amide bonds. The van der Waals surface area contributed by atoms with Gasteiger partial charge in [-0.05, 0) is 25.2 Å². The molecule has 2 atom stereocenters. The van der Waals surface area contributed by atoms with Crippen LogP contribution in [0.2, 0.25) is 0 Å². The molecule has 1 saturated heterocycles. The minimum absolute atomic E-state index is 0.176. The van der Waals surface area contributed by atoms with Crippen molar-refractivity contribution in [3.05, 3.63) is 17.9 Å². The van der Waals surface area contributed by atoms with Crippen molar-refractivity contribution in [2.75, 3.05) is 24.8 Å². The van der Waals surface area contributed by atoms with E-state index in [1.807, 2.05) is 0 Å². The lowest BCUT2D eigenvalue weighted by Crippen LogP contribution is -2.31. The van der Waals surface area contributed by atoms with Gasteiger partial charge in [0.2, 0.25) is 0 Å². The summed E-state index contributed by atoms with van der Waals surface area (Å²) >= 11 is 0. The first-order valence-electron chi connectivity index (χ1n) is 6.70. The molecule has 5 heteroatoms. The van der Waals surface area contributed by atoms with E-state index in [0.29, 0.717) is 23.0 Å². The highest BCUT2D eigenvalue weighted by Crippen LogP contribution is 2.40. The van der Waals surface area contributed by atoms with Crippen molar-refractivity contribution in [2.24, 2.45) is 5.92 Å². The second-order valence-corrected chi connectivity index (χ2v) is 5.29. The number of hydrogen-bond donors (Lipinski definition) is 2. The van der Waals surface area contributed by atoms with Crippen LogP contribution in [0, 0.1) is 11.7 Å². The minimum Gasteiger partial charge on any atom is -0.495 e. The average Bonchev–Trinajstić information content (AvgIpc) is 3.13. The van der Waals surface area contributed by atoms with Crippen molar-refractivity contribution in [2.45, 2.75) is 31.4 Å². The zero-order valence-corrected chi connectivity index (χ0v) is 11.0. The maximum atomic E-state index is 13.9. The van der Waals surface area contributed by atoms with Gasteiger partial charge >= 0.3 is 0 Å². The summed E-state index contributed by atoms with van der Waals surface area (Å²) in [7, 11) is 1.53. The number of rotatable bonds is 4. The molecule has 1 aromatic rings. The molecule has 3 N–H and O–H groups in total. The van der Waals surface area contributed by atoms with E-state index in [1.54, 1.807) is 6.07 Å². The summed E-state index contributed by atoms with van der Waals surface area (Å²) in [5.74, 6) is 0.782. The predicted molar refractivity (Wildman–Crippen MR) is 71.9 cm³/mol. The molecular weight excluding hydrogens is 247 g/mol. The van der Waals surface area contributed by atoms with Crippen LogP contribution >= 0.6 is 0 Å². The first-order chi connectivity index (χ1) is 9.19. The summed E-state index contributed by atoms with van der Waals surface area (Å²) in [5, 5.41) is 3.25. The van der Waals surface area contributed by atoms with Gasteiger partial charge in [0.05, 0.1) is 30.6 Å². The van der Waals surface area contributed by atoms with Gasteiger partial charge in [0.15, 0.2) is 0 Å². The Morgan fingerprint density at radius 3 is 2.84 bits per heavy atom. The number of ether oxygens (including phenoxy) is 2. The van der Waals surface area contributed by atoms with Crippen LogP contribution in [0.5, 0.6) is 5.75 Å². The van der Waals surface area contributed by atoms with Crippen LogP contribution in [0.25, 0.3) is 0 Å². The summed E-state index contributed by atoms with van der Waals surface area (Å²) < 4.78 is 24.8. The Morgan fingerprint density at radius 2 is 2.16 bits per heavy atom. The Hall–Kier alpha value is -1.49. The van der Waals surface area contributed by atoms with E-state index in [4.69, 9.17) is 15.2 Å². The van der Waals surface area contributed by atoms with Gasteiger partial charge in [-0.15, -0.1) is 0 Å². The van der Waals surface area contributed by atoms with Gasteiger partial charge in [-0.3, -0.25) is 0 Å². The number of nitrogen functional groups attached to an aromatic ring is 1. The molecule has 2 unspecified atom stereocenters. The zero-order valence-electron chi connectivity index (χ0n) is 11.0.